The molecule has 0 unspecified atom stereocenters. The summed E-state index contributed by atoms with van der Waals surface area (Å²) in [6.07, 6.45) is 2.61. The lowest BCUT2D eigenvalue weighted by molar-refractivity contribution is 0.0500. The van der Waals surface area contributed by atoms with Gasteiger partial charge < -0.3 is 14.4 Å². The molecule has 0 spiro atoms. The van der Waals surface area contributed by atoms with Gasteiger partial charge in [-0.3, -0.25) is 4.79 Å². The fourth-order valence-electron chi connectivity index (χ4n) is 3.36. The fourth-order valence-corrected chi connectivity index (χ4v) is 3.36. The Morgan fingerprint density at radius 3 is 2.62 bits per heavy atom. The van der Waals surface area contributed by atoms with Crippen LogP contribution in [-0.4, -0.2) is 31.3 Å². The lowest BCUT2D eigenvalue weighted by atomic mass is 9.99. The van der Waals surface area contributed by atoms with Crippen molar-refractivity contribution >= 4 is 12.0 Å². The zero-order valence-electron chi connectivity index (χ0n) is 15.7. The van der Waals surface area contributed by atoms with E-state index < -0.39 is 0 Å². The summed E-state index contributed by atoms with van der Waals surface area (Å²) in [5.74, 6) is 0.774. The van der Waals surface area contributed by atoms with Gasteiger partial charge in [0.15, 0.2) is 6.79 Å². The van der Waals surface area contributed by atoms with Crippen LogP contribution < -0.4 is 4.74 Å². The Bertz CT molecular complexity index is 824. The van der Waals surface area contributed by atoms with Gasteiger partial charge in [-0.2, -0.15) is 0 Å². The summed E-state index contributed by atoms with van der Waals surface area (Å²) in [6.45, 7) is 9.32. The summed E-state index contributed by atoms with van der Waals surface area (Å²) in [5.41, 5.74) is 6.04. The van der Waals surface area contributed by atoms with E-state index in [0.717, 1.165) is 28.7 Å². The van der Waals surface area contributed by atoms with Gasteiger partial charge in [0, 0.05) is 30.3 Å². The lowest BCUT2D eigenvalue weighted by Crippen LogP contribution is -2.26. The van der Waals surface area contributed by atoms with Crippen molar-refractivity contribution in [2.24, 2.45) is 0 Å². The van der Waals surface area contributed by atoms with Crippen molar-refractivity contribution in [3.8, 4) is 5.75 Å². The van der Waals surface area contributed by atoms with Gasteiger partial charge in [-0.25, -0.2) is 0 Å². The summed E-state index contributed by atoms with van der Waals surface area (Å²) < 4.78 is 10.9. The van der Waals surface area contributed by atoms with Gasteiger partial charge in [0.1, 0.15) is 5.75 Å². The second-order valence-electron chi connectivity index (χ2n) is 6.68. The first kappa shape index (κ1) is 18.2. The van der Waals surface area contributed by atoms with Crippen molar-refractivity contribution in [2.45, 2.75) is 26.8 Å². The number of hydrogen-bond acceptors (Lipinski definition) is 3. The van der Waals surface area contributed by atoms with Crippen LogP contribution in [0.15, 0.2) is 36.9 Å². The maximum absolute atomic E-state index is 12.9. The minimum absolute atomic E-state index is 0.0630. The molecule has 1 aliphatic rings. The third-order valence-electron chi connectivity index (χ3n) is 4.81. The molecule has 3 rings (SSSR count). The van der Waals surface area contributed by atoms with E-state index >= 15 is 0 Å². The normalized spacial score (nSPS) is 13.0. The smallest absolute Gasteiger partial charge is 0.254 e. The number of carbonyl (C=O) groups excluding carboxylic acids is 1. The Labute approximate surface area is 155 Å². The highest BCUT2D eigenvalue weighted by Gasteiger charge is 2.31. The molecule has 4 nitrogen and oxygen atoms in total. The first-order valence-electron chi connectivity index (χ1n) is 8.80. The van der Waals surface area contributed by atoms with E-state index in [0.29, 0.717) is 18.8 Å². The quantitative estimate of drug-likeness (QED) is 0.704. The van der Waals surface area contributed by atoms with Gasteiger partial charge in [-0.1, -0.05) is 42.5 Å². The molecule has 136 valence electrons. The molecule has 0 saturated heterocycles. The van der Waals surface area contributed by atoms with Crippen LogP contribution >= 0.6 is 0 Å². The van der Waals surface area contributed by atoms with Gasteiger partial charge in [-0.15, -0.1) is 0 Å². The zero-order valence-corrected chi connectivity index (χ0v) is 15.7. The number of hydrogen-bond donors (Lipinski definition) is 0. The Morgan fingerprint density at radius 2 is 1.96 bits per heavy atom. The second-order valence-corrected chi connectivity index (χ2v) is 6.68. The van der Waals surface area contributed by atoms with Crippen LogP contribution in [0.25, 0.3) is 6.08 Å². The third kappa shape index (κ3) is 3.51. The maximum atomic E-state index is 12.9. The minimum atomic E-state index is 0.0630. The van der Waals surface area contributed by atoms with E-state index in [9.17, 15) is 4.79 Å². The molecule has 0 atom stereocenters. The van der Waals surface area contributed by atoms with E-state index in [1.807, 2.05) is 17.9 Å². The number of aryl methyl sites for hydroxylation is 2. The van der Waals surface area contributed by atoms with Crippen LogP contribution in [0, 0.1) is 13.8 Å². The lowest BCUT2D eigenvalue weighted by Gasteiger charge is -2.16. The molecule has 0 saturated carbocycles. The van der Waals surface area contributed by atoms with E-state index in [1.165, 1.54) is 11.1 Å². The molecule has 1 aliphatic heterocycles. The molecule has 0 fully saturated rings. The Morgan fingerprint density at radius 1 is 1.23 bits per heavy atom. The first-order valence-corrected chi connectivity index (χ1v) is 8.80. The summed E-state index contributed by atoms with van der Waals surface area (Å²) >= 11 is 0. The van der Waals surface area contributed by atoms with E-state index in [2.05, 4.69) is 37.8 Å². The minimum Gasteiger partial charge on any atom is -0.467 e. The number of benzene rings is 2. The molecule has 26 heavy (non-hydrogen) atoms. The Balaban J connectivity index is 1.83. The predicted molar refractivity (Wildman–Crippen MR) is 103 cm³/mol. The number of carbonyl (C=O) groups is 1. The number of rotatable bonds is 7. The molecular formula is C22H25NO3. The predicted octanol–water partition coefficient (Wildman–Crippen LogP) is 4.13. The second kappa shape index (κ2) is 7.75. The number of amides is 1. The molecule has 1 heterocycles. The molecule has 0 bridgehead atoms. The van der Waals surface area contributed by atoms with E-state index in [1.54, 1.807) is 13.2 Å². The molecule has 2 aromatic rings. The van der Waals surface area contributed by atoms with Crippen LogP contribution in [0.2, 0.25) is 0 Å². The number of ether oxygens (including phenoxy) is 2. The average Bonchev–Trinajstić information content (AvgIpc) is 2.95. The van der Waals surface area contributed by atoms with E-state index in [4.69, 9.17) is 9.47 Å². The third-order valence-corrected chi connectivity index (χ3v) is 4.81. The van der Waals surface area contributed by atoms with Crippen LogP contribution in [0.1, 0.15) is 38.2 Å². The van der Waals surface area contributed by atoms with Gasteiger partial charge in [0.2, 0.25) is 0 Å². The molecule has 4 heteroatoms. The van der Waals surface area contributed by atoms with Crippen LogP contribution in [0.3, 0.4) is 0 Å². The number of fused-ring (bicyclic) bond motifs is 1. The van der Waals surface area contributed by atoms with E-state index in [-0.39, 0.29) is 12.7 Å². The average molecular weight is 351 g/mol. The first-order chi connectivity index (χ1) is 12.5. The molecule has 2 aromatic carbocycles. The highest BCUT2D eigenvalue weighted by molar-refractivity contribution is 6.00. The largest absolute Gasteiger partial charge is 0.467 e. The van der Waals surface area contributed by atoms with Crippen molar-refractivity contribution < 1.29 is 14.3 Å². The number of nitrogens with zero attached hydrogens (tertiary/aromatic N) is 1. The van der Waals surface area contributed by atoms with Crippen molar-refractivity contribution in [1.82, 2.24) is 4.90 Å². The highest BCUT2D eigenvalue weighted by Crippen LogP contribution is 2.37. The highest BCUT2D eigenvalue weighted by atomic mass is 16.7. The van der Waals surface area contributed by atoms with Gasteiger partial charge in [0.05, 0.1) is 6.54 Å². The summed E-state index contributed by atoms with van der Waals surface area (Å²) in [6, 6.07) is 10.4. The fraction of sp³-hybridized carbons (Fsp3) is 0.318. The zero-order chi connectivity index (χ0) is 18.7. The molecule has 0 radical (unpaired) electrons. The van der Waals surface area contributed by atoms with Crippen molar-refractivity contribution in [3.63, 3.8) is 0 Å². The van der Waals surface area contributed by atoms with Crippen molar-refractivity contribution in [2.75, 3.05) is 20.4 Å². The molecule has 0 N–H and O–H groups in total. The van der Waals surface area contributed by atoms with Gasteiger partial charge in [0.25, 0.3) is 5.91 Å². The summed E-state index contributed by atoms with van der Waals surface area (Å²) in [5, 5.41) is 0. The van der Waals surface area contributed by atoms with Gasteiger partial charge >= 0.3 is 0 Å². The number of methoxy groups -OCH3 is 1. The molecule has 1 amide bonds. The molecule has 0 aromatic heterocycles. The SMILES string of the molecule is C=Cc1c(C)cc2c(c1OCOC)CN(CCc1ccc(C)cc1)C2=O. The topological polar surface area (TPSA) is 38.8 Å². The monoisotopic (exact) mass is 351 g/mol. The summed E-state index contributed by atoms with van der Waals surface area (Å²) in [4.78, 5) is 14.7. The van der Waals surface area contributed by atoms with Crippen LogP contribution in [-0.2, 0) is 17.7 Å². The molecule has 0 aliphatic carbocycles. The van der Waals surface area contributed by atoms with Crippen molar-refractivity contribution in [3.05, 3.63) is 70.3 Å². The van der Waals surface area contributed by atoms with Crippen LogP contribution in [0.4, 0.5) is 0 Å². The van der Waals surface area contributed by atoms with Crippen molar-refractivity contribution in [1.29, 1.82) is 0 Å². The Hall–Kier alpha value is -2.59. The van der Waals surface area contributed by atoms with Crippen LogP contribution in [0.5, 0.6) is 5.75 Å². The molecular weight excluding hydrogens is 326 g/mol. The summed E-state index contributed by atoms with van der Waals surface area (Å²) in [7, 11) is 1.59. The van der Waals surface area contributed by atoms with Gasteiger partial charge in [-0.05, 0) is 37.5 Å². The standard InChI is InChI=1S/C22H25NO3/c1-5-18-16(3)12-19-20(21(18)26-14-25-4)13-23(22(19)24)11-10-17-8-6-15(2)7-9-17/h5-9,12H,1,10-11,13-14H2,2-4H3. The maximum Gasteiger partial charge on any atom is 0.254 e. The Kier molecular flexibility index (Phi) is 5.43.